The number of hydroxylamine groups is 2. The molecule has 0 saturated heterocycles. The SMILES string of the molecule is O=C1c2ccccc2C(=O)N1O.[C]. The van der Waals surface area contributed by atoms with Crippen molar-refractivity contribution in [1.29, 1.82) is 0 Å². The molecule has 4 nitrogen and oxygen atoms in total. The predicted molar refractivity (Wildman–Crippen MR) is 42.0 cm³/mol. The van der Waals surface area contributed by atoms with Crippen LogP contribution in [0.1, 0.15) is 20.7 Å². The topological polar surface area (TPSA) is 57.6 Å². The van der Waals surface area contributed by atoms with Gasteiger partial charge in [0.2, 0.25) is 0 Å². The normalized spacial score (nSPS) is 14.1. The van der Waals surface area contributed by atoms with Crippen LogP contribution in [0.5, 0.6) is 0 Å². The van der Waals surface area contributed by atoms with Gasteiger partial charge in [-0.2, -0.15) is 0 Å². The molecular weight excluding hydrogens is 170 g/mol. The minimum atomic E-state index is -0.657. The van der Waals surface area contributed by atoms with Gasteiger partial charge in [-0.15, -0.1) is 5.06 Å². The Morgan fingerprint density at radius 3 is 1.77 bits per heavy atom. The zero-order chi connectivity index (χ0) is 8.72. The van der Waals surface area contributed by atoms with Crippen molar-refractivity contribution in [1.82, 2.24) is 5.06 Å². The second-order valence-electron chi connectivity index (χ2n) is 2.47. The maximum absolute atomic E-state index is 11.1. The minimum Gasteiger partial charge on any atom is -0.278 e. The summed E-state index contributed by atoms with van der Waals surface area (Å²) in [6, 6.07) is 6.30. The number of nitrogens with zero attached hydrogens (tertiary/aromatic N) is 1. The fourth-order valence-electron chi connectivity index (χ4n) is 1.18. The smallest absolute Gasteiger partial charge is 0.278 e. The number of carbonyl (C=O) groups excluding carboxylic acids is 2. The van der Waals surface area contributed by atoms with E-state index in [0.29, 0.717) is 0 Å². The van der Waals surface area contributed by atoms with Crippen LogP contribution < -0.4 is 0 Å². The van der Waals surface area contributed by atoms with Crippen molar-refractivity contribution in [2.24, 2.45) is 0 Å². The lowest BCUT2D eigenvalue weighted by atomic mass is 10.1. The molecule has 1 aromatic carbocycles. The van der Waals surface area contributed by atoms with Crippen LogP contribution in [0, 0.1) is 7.43 Å². The molecule has 0 aromatic heterocycles. The molecule has 1 aliphatic heterocycles. The van der Waals surface area contributed by atoms with Gasteiger partial charge in [-0.25, -0.2) is 0 Å². The average molecular weight is 175 g/mol. The van der Waals surface area contributed by atoms with Gasteiger partial charge in [-0.3, -0.25) is 14.8 Å². The third-order valence-corrected chi connectivity index (χ3v) is 1.77. The van der Waals surface area contributed by atoms with Gasteiger partial charge in [0, 0.05) is 7.43 Å². The summed E-state index contributed by atoms with van der Waals surface area (Å²) in [5.41, 5.74) is 0.509. The Bertz CT molecular complexity index is 338. The third-order valence-electron chi connectivity index (χ3n) is 1.77. The summed E-state index contributed by atoms with van der Waals surface area (Å²) < 4.78 is 0. The monoisotopic (exact) mass is 175 g/mol. The molecule has 1 heterocycles. The van der Waals surface area contributed by atoms with Crippen molar-refractivity contribution in [2.45, 2.75) is 0 Å². The van der Waals surface area contributed by atoms with Crippen molar-refractivity contribution in [3.8, 4) is 0 Å². The van der Waals surface area contributed by atoms with E-state index in [1.165, 1.54) is 12.1 Å². The predicted octanol–water partition coefficient (Wildman–Crippen LogP) is 0.753. The first kappa shape index (κ1) is 9.41. The second kappa shape index (κ2) is 2.99. The maximum atomic E-state index is 11.1. The van der Waals surface area contributed by atoms with E-state index in [2.05, 4.69) is 0 Å². The van der Waals surface area contributed by atoms with Crippen molar-refractivity contribution in [3.05, 3.63) is 42.8 Å². The van der Waals surface area contributed by atoms with Gasteiger partial charge in [-0.1, -0.05) is 12.1 Å². The van der Waals surface area contributed by atoms with E-state index in [1.807, 2.05) is 0 Å². The summed E-state index contributed by atoms with van der Waals surface area (Å²) in [5, 5.41) is 9.05. The number of fused-ring (bicyclic) bond motifs is 1. The molecule has 1 aliphatic rings. The summed E-state index contributed by atoms with van der Waals surface area (Å²) in [6.07, 6.45) is 0. The fourth-order valence-corrected chi connectivity index (χ4v) is 1.18. The molecule has 1 N–H and O–H groups in total. The van der Waals surface area contributed by atoms with E-state index in [4.69, 9.17) is 5.21 Å². The lowest BCUT2D eigenvalue weighted by Gasteiger charge is -1.99. The molecule has 13 heavy (non-hydrogen) atoms. The number of hydrogen-bond donors (Lipinski definition) is 1. The van der Waals surface area contributed by atoms with Gasteiger partial charge in [0.25, 0.3) is 11.8 Å². The zero-order valence-corrected chi connectivity index (χ0v) is 6.52. The van der Waals surface area contributed by atoms with Gasteiger partial charge in [0.15, 0.2) is 0 Å². The Kier molecular flexibility index (Phi) is 2.16. The van der Waals surface area contributed by atoms with Crippen molar-refractivity contribution in [2.75, 3.05) is 0 Å². The lowest BCUT2D eigenvalue weighted by molar-refractivity contribution is -0.0327. The first-order chi connectivity index (χ1) is 5.72. The molecular formula is C9H5NO3. The Labute approximate surface area is 75.4 Å². The molecule has 2 amide bonds. The van der Waals surface area contributed by atoms with Gasteiger partial charge in [0.1, 0.15) is 0 Å². The van der Waals surface area contributed by atoms with Crippen LogP contribution in [-0.2, 0) is 0 Å². The Morgan fingerprint density at radius 2 is 1.38 bits per heavy atom. The molecule has 0 spiro atoms. The van der Waals surface area contributed by atoms with Crippen LogP contribution in [0.2, 0.25) is 0 Å². The molecule has 4 heteroatoms. The molecule has 64 valence electrons. The number of imide groups is 1. The molecule has 1 aromatic rings. The summed E-state index contributed by atoms with van der Waals surface area (Å²) in [4.78, 5) is 22.1. The molecule has 0 atom stereocenters. The van der Waals surface area contributed by atoms with Gasteiger partial charge >= 0.3 is 0 Å². The minimum absolute atomic E-state index is 0. The third kappa shape index (κ3) is 1.11. The molecule has 0 saturated carbocycles. The van der Waals surface area contributed by atoms with Crippen LogP contribution in [0.3, 0.4) is 0 Å². The summed E-state index contributed by atoms with van der Waals surface area (Å²) in [7, 11) is 0. The van der Waals surface area contributed by atoms with Crippen LogP contribution in [0.15, 0.2) is 24.3 Å². The second-order valence-corrected chi connectivity index (χ2v) is 2.47. The average Bonchev–Trinajstić information content (AvgIpc) is 2.33. The van der Waals surface area contributed by atoms with E-state index in [1.54, 1.807) is 12.1 Å². The number of benzene rings is 1. The van der Waals surface area contributed by atoms with E-state index in [9.17, 15) is 9.59 Å². The lowest BCUT2D eigenvalue weighted by Crippen LogP contribution is -2.25. The highest BCUT2D eigenvalue weighted by Gasteiger charge is 2.33. The van der Waals surface area contributed by atoms with Gasteiger partial charge in [-0.05, 0) is 12.1 Å². The highest BCUT2D eigenvalue weighted by molar-refractivity contribution is 6.20. The molecule has 0 fully saturated rings. The summed E-state index contributed by atoms with van der Waals surface area (Å²) in [6.45, 7) is 0. The highest BCUT2D eigenvalue weighted by Crippen LogP contribution is 2.19. The number of hydrogen-bond acceptors (Lipinski definition) is 3. The van der Waals surface area contributed by atoms with E-state index < -0.39 is 11.8 Å². The maximum Gasteiger partial charge on any atom is 0.285 e. The first-order valence-electron chi connectivity index (χ1n) is 3.38. The molecule has 4 radical (unpaired) electrons. The standard InChI is InChI=1S/C8H5NO3.C/c10-7-5-3-1-2-4-6(5)8(11)9(7)12;/h1-4,12H;. The number of carbonyl (C=O) groups is 2. The first-order valence-corrected chi connectivity index (χ1v) is 3.38. The van der Waals surface area contributed by atoms with E-state index in [-0.39, 0.29) is 23.6 Å². The largest absolute Gasteiger partial charge is 0.285 e. The summed E-state index contributed by atoms with van der Waals surface area (Å²) in [5.74, 6) is -1.31. The molecule has 0 aliphatic carbocycles. The number of rotatable bonds is 0. The van der Waals surface area contributed by atoms with Crippen LogP contribution >= 0.6 is 0 Å². The molecule has 0 bridgehead atoms. The Hall–Kier alpha value is -1.68. The Morgan fingerprint density at radius 1 is 1.00 bits per heavy atom. The number of amides is 2. The Balaban J connectivity index is 0.000000845. The fraction of sp³-hybridized carbons (Fsp3) is 0. The molecule has 2 rings (SSSR count). The summed E-state index contributed by atoms with van der Waals surface area (Å²) >= 11 is 0. The van der Waals surface area contributed by atoms with Crippen molar-refractivity contribution < 1.29 is 14.8 Å². The van der Waals surface area contributed by atoms with E-state index >= 15 is 0 Å². The van der Waals surface area contributed by atoms with Gasteiger partial charge in [0.05, 0.1) is 11.1 Å². The quantitative estimate of drug-likeness (QED) is 0.467. The van der Waals surface area contributed by atoms with Crippen molar-refractivity contribution >= 4 is 11.8 Å². The van der Waals surface area contributed by atoms with Gasteiger partial charge < -0.3 is 0 Å². The van der Waals surface area contributed by atoms with Crippen LogP contribution in [0.25, 0.3) is 0 Å². The highest BCUT2D eigenvalue weighted by atomic mass is 16.5. The molecule has 0 unspecified atom stereocenters. The zero-order valence-electron chi connectivity index (χ0n) is 6.52. The van der Waals surface area contributed by atoms with Crippen molar-refractivity contribution in [3.63, 3.8) is 0 Å². The van der Waals surface area contributed by atoms with Crippen LogP contribution in [-0.4, -0.2) is 22.1 Å². The van der Waals surface area contributed by atoms with Crippen LogP contribution in [0.4, 0.5) is 0 Å². The van der Waals surface area contributed by atoms with E-state index in [0.717, 1.165) is 0 Å².